The molecule has 0 aliphatic rings. The van der Waals surface area contributed by atoms with Gasteiger partial charge in [0.25, 0.3) is 0 Å². The molecule has 162 valence electrons. The first-order chi connectivity index (χ1) is 13.2. The van der Waals surface area contributed by atoms with E-state index in [2.05, 4.69) is 6.92 Å². The van der Waals surface area contributed by atoms with Crippen LogP contribution in [0.2, 0.25) is 0 Å². The summed E-state index contributed by atoms with van der Waals surface area (Å²) < 4.78 is 5.57. The number of aliphatic hydroxyl groups is 1. The summed E-state index contributed by atoms with van der Waals surface area (Å²) in [7, 11) is 0. The fourth-order valence-corrected chi connectivity index (χ4v) is 4.03. The monoisotopic (exact) mass is 402 g/mol. The lowest BCUT2D eigenvalue weighted by atomic mass is 10.0. The number of carbonyl (C=O) groups excluding carboxylic acids is 1. The van der Waals surface area contributed by atoms with Crippen molar-refractivity contribution in [3.8, 4) is 0 Å². The molecule has 0 heterocycles. The highest BCUT2D eigenvalue weighted by Crippen LogP contribution is 2.14. The third-order valence-electron chi connectivity index (χ3n) is 4.98. The van der Waals surface area contributed by atoms with E-state index in [0.717, 1.165) is 13.0 Å². The summed E-state index contributed by atoms with van der Waals surface area (Å²) in [6.45, 7) is 5.03. The zero-order chi connectivity index (χ0) is 20.0. The third kappa shape index (κ3) is 22.1. The van der Waals surface area contributed by atoms with Crippen LogP contribution in [0, 0.1) is 0 Å². The van der Waals surface area contributed by atoms with Crippen LogP contribution in [0.25, 0.3) is 0 Å². The molecule has 0 aromatic heterocycles. The third-order valence-corrected chi connectivity index (χ3v) is 5.93. The Morgan fingerprint density at radius 1 is 0.778 bits per heavy atom. The molecule has 0 aromatic carbocycles. The standard InChI is InChI=1S/C23H46O3S/c1-3-4-5-6-7-8-9-10-11-12-13-14-15-16-17-18-19-26-21-23(20-24)27-22(2)25/h23-24H,3-21H2,1-2H3. The molecule has 4 heteroatoms. The van der Waals surface area contributed by atoms with Crippen LogP contribution in [0.3, 0.4) is 0 Å². The molecule has 0 aliphatic carbocycles. The molecule has 0 aliphatic heterocycles. The molecular weight excluding hydrogens is 356 g/mol. The fraction of sp³-hybridized carbons (Fsp3) is 0.957. The number of ether oxygens (including phenoxy) is 1. The van der Waals surface area contributed by atoms with E-state index >= 15 is 0 Å². The predicted octanol–water partition coefficient (Wildman–Crippen LogP) is 6.91. The molecule has 0 aromatic rings. The lowest BCUT2D eigenvalue weighted by Crippen LogP contribution is -2.18. The van der Waals surface area contributed by atoms with Crippen molar-refractivity contribution in [1.82, 2.24) is 0 Å². The molecule has 0 saturated carbocycles. The van der Waals surface area contributed by atoms with Gasteiger partial charge in [0, 0.05) is 13.5 Å². The molecule has 1 atom stereocenters. The maximum Gasteiger partial charge on any atom is 0.186 e. The summed E-state index contributed by atoms with van der Waals surface area (Å²) in [5, 5.41) is 9.10. The highest BCUT2D eigenvalue weighted by atomic mass is 32.2. The molecule has 0 amide bonds. The van der Waals surface area contributed by atoms with Crippen LogP contribution in [0.15, 0.2) is 0 Å². The van der Waals surface area contributed by atoms with Gasteiger partial charge in [0.05, 0.1) is 18.5 Å². The normalized spacial score (nSPS) is 12.4. The van der Waals surface area contributed by atoms with Crippen LogP contribution >= 0.6 is 11.8 Å². The Morgan fingerprint density at radius 2 is 1.19 bits per heavy atom. The predicted molar refractivity (Wildman–Crippen MR) is 120 cm³/mol. The Hall–Kier alpha value is -0.0600. The van der Waals surface area contributed by atoms with E-state index in [0.29, 0.717) is 6.61 Å². The Balaban J connectivity index is 3.13. The second kappa shape index (κ2) is 22.2. The minimum absolute atomic E-state index is 0.00318. The number of thioether (sulfide) groups is 1. The highest BCUT2D eigenvalue weighted by Gasteiger charge is 2.10. The molecule has 0 radical (unpaired) electrons. The van der Waals surface area contributed by atoms with Gasteiger partial charge in [-0.15, -0.1) is 0 Å². The summed E-state index contributed by atoms with van der Waals surface area (Å²) in [6.07, 6.45) is 22.0. The van der Waals surface area contributed by atoms with E-state index < -0.39 is 0 Å². The summed E-state index contributed by atoms with van der Waals surface area (Å²) in [6, 6.07) is 0. The van der Waals surface area contributed by atoms with Crippen molar-refractivity contribution < 1.29 is 14.6 Å². The van der Waals surface area contributed by atoms with Gasteiger partial charge in [-0.25, -0.2) is 0 Å². The second-order valence-electron chi connectivity index (χ2n) is 7.79. The highest BCUT2D eigenvalue weighted by molar-refractivity contribution is 8.14. The summed E-state index contributed by atoms with van der Waals surface area (Å²) >= 11 is 1.17. The van der Waals surface area contributed by atoms with E-state index in [9.17, 15) is 4.79 Å². The van der Waals surface area contributed by atoms with Gasteiger partial charge in [-0.3, -0.25) is 4.79 Å². The first-order valence-electron chi connectivity index (χ1n) is 11.6. The van der Waals surface area contributed by atoms with Crippen LogP contribution in [0.5, 0.6) is 0 Å². The summed E-state index contributed by atoms with van der Waals surface area (Å²) in [4.78, 5) is 11.0. The van der Waals surface area contributed by atoms with Gasteiger partial charge >= 0.3 is 0 Å². The number of rotatable bonds is 21. The second-order valence-corrected chi connectivity index (χ2v) is 9.27. The van der Waals surface area contributed by atoms with Gasteiger partial charge in [-0.1, -0.05) is 115 Å². The minimum Gasteiger partial charge on any atom is -0.395 e. The topological polar surface area (TPSA) is 46.5 Å². The quantitative estimate of drug-likeness (QED) is 0.212. The number of hydrogen-bond acceptors (Lipinski definition) is 4. The molecule has 3 nitrogen and oxygen atoms in total. The van der Waals surface area contributed by atoms with Gasteiger partial charge in [0.1, 0.15) is 0 Å². The van der Waals surface area contributed by atoms with Crippen molar-refractivity contribution in [1.29, 1.82) is 0 Å². The fourth-order valence-electron chi connectivity index (χ4n) is 3.33. The number of aliphatic hydroxyl groups excluding tert-OH is 1. The molecule has 0 spiro atoms. The van der Waals surface area contributed by atoms with Gasteiger partial charge in [0.2, 0.25) is 0 Å². The number of hydrogen-bond donors (Lipinski definition) is 1. The molecule has 0 fully saturated rings. The molecular formula is C23H46O3S. The van der Waals surface area contributed by atoms with Crippen molar-refractivity contribution in [2.24, 2.45) is 0 Å². The lowest BCUT2D eigenvalue weighted by molar-refractivity contribution is -0.109. The molecule has 1 N–H and O–H groups in total. The van der Waals surface area contributed by atoms with Gasteiger partial charge < -0.3 is 9.84 Å². The summed E-state index contributed by atoms with van der Waals surface area (Å²) in [5.74, 6) is 0. The smallest absolute Gasteiger partial charge is 0.186 e. The number of carbonyl (C=O) groups is 1. The molecule has 0 rings (SSSR count). The Kier molecular flexibility index (Phi) is 22.2. The van der Waals surface area contributed by atoms with Crippen LogP contribution < -0.4 is 0 Å². The Bertz CT molecular complexity index is 310. The van der Waals surface area contributed by atoms with Gasteiger partial charge in [-0.2, -0.15) is 0 Å². The van der Waals surface area contributed by atoms with Crippen LogP contribution in [0.1, 0.15) is 117 Å². The molecule has 27 heavy (non-hydrogen) atoms. The first-order valence-corrected chi connectivity index (χ1v) is 12.4. The largest absolute Gasteiger partial charge is 0.395 e. The maximum atomic E-state index is 11.0. The maximum absolute atomic E-state index is 11.0. The lowest BCUT2D eigenvalue weighted by Gasteiger charge is -2.12. The van der Waals surface area contributed by atoms with Crippen LogP contribution in [-0.2, 0) is 9.53 Å². The van der Waals surface area contributed by atoms with Gasteiger partial charge in [-0.05, 0) is 6.42 Å². The van der Waals surface area contributed by atoms with Gasteiger partial charge in [0.15, 0.2) is 5.12 Å². The Morgan fingerprint density at radius 3 is 1.56 bits per heavy atom. The Labute approximate surface area is 173 Å². The zero-order valence-electron chi connectivity index (χ0n) is 18.2. The minimum atomic E-state index is -0.108. The SMILES string of the molecule is CCCCCCCCCCCCCCCCCCOCC(CO)SC(C)=O. The molecule has 0 saturated heterocycles. The van der Waals surface area contributed by atoms with Crippen LogP contribution in [-0.4, -0.2) is 35.3 Å². The van der Waals surface area contributed by atoms with E-state index in [1.807, 2.05) is 0 Å². The number of unbranched alkanes of at least 4 members (excludes halogenated alkanes) is 15. The van der Waals surface area contributed by atoms with E-state index in [-0.39, 0.29) is 17.0 Å². The van der Waals surface area contributed by atoms with Crippen molar-refractivity contribution >= 4 is 16.9 Å². The van der Waals surface area contributed by atoms with Crippen molar-refractivity contribution in [2.45, 2.75) is 122 Å². The molecule has 1 unspecified atom stereocenters. The van der Waals surface area contributed by atoms with E-state index in [1.165, 1.54) is 115 Å². The van der Waals surface area contributed by atoms with E-state index in [1.54, 1.807) is 0 Å². The average molecular weight is 403 g/mol. The zero-order valence-corrected chi connectivity index (χ0v) is 19.0. The van der Waals surface area contributed by atoms with Crippen molar-refractivity contribution in [3.05, 3.63) is 0 Å². The van der Waals surface area contributed by atoms with Crippen molar-refractivity contribution in [3.63, 3.8) is 0 Å². The average Bonchev–Trinajstić information content (AvgIpc) is 2.65. The summed E-state index contributed by atoms with van der Waals surface area (Å²) in [5.41, 5.74) is 0. The van der Waals surface area contributed by atoms with Crippen LogP contribution in [0.4, 0.5) is 0 Å². The van der Waals surface area contributed by atoms with Crippen molar-refractivity contribution in [2.75, 3.05) is 19.8 Å². The molecule has 0 bridgehead atoms. The first kappa shape index (κ1) is 26.9. The van der Waals surface area contributed by atoms with E-state index in [4.69, 9.17) is 9.84 Å².